The molecule has 0 aliphatic carbocycles. The van der Waals surface area contributed by atoms with Gasteiger partial charge in [-0.3, -0.25) is 19.2 Å². The number of ether oxygens (including phenoxy) is 2. The van der Waals surface area contributed by atoms with Crippen molar-refractivity contribution in [2.45, 2.75) is 51.7 Å². The fraction of sp³-hybridized carbons (Fsp3) is 0.375. The summed E-state index contributed by atoms with van der Waals surface area (Å²) in [5.41, 5.74) is 3.83. The molecule has 0 radical (unpaired) electrons. The van der Waals surface area contributed by atoms with Crippen LogP contribution in [-0.2, 0) is 35.1 Å². The van der Waals surface area contributed by atoms with E-state index >= 15 is 0 Å². The number of carbonyl (C=O) groups excluding carboxylic acids is 1. The van der Waals surface area contributed by atoms with Gasteiger partial charge in [0.2, 0.25) is 0 Å². The first kappa shape index (κ1) is 30.9. The second-order valence-corrected chi connectivity index (χ2v) is 11.8. The number of carboxylic acid groups (broad SMARTS) is 3. The van der Waals surface area contributed by atoms with Crippen LogP contribution in [-0.4, -0.2) is 51.9 Å². The zero-order valence-electron chi connectivity index (χ0n) is 23.4. The molecule has 1 fully saturated rings. The Labute approximate surface area is 247 Å². The van der Waals surface area contributed by atoms with Crippen LogP contribution < -0.4 is 0 Å². The molecule has 1 aromatic heterocycles. The van der Waals surface area contributed by atoms with Crippen molar-refractivity contribution in [2.24, 2.45) is 17.8 Å². The third-order valence-electron chi connectivity index (χ3n) is 7.76. The number of rotatable bonds is 12. The van der Waals surface area contributed by atoms with E-state index in [4.69, 9.17) is 9.47 Å². The molecule has 42 heavy (non-hydrogen) atoms. The lowest BCUT2D eigenvalue weighted by atomic mass is 9.68. The molecule has 4 rings (SSSR count). The summed E-state index contributed by atoms with van der Waals surface area (Å²) in [7, 11) is 0. The number of carboxylic acids is 3. The van der Waals surface area contributed by atoms with Gasteiger partial charge in [-0.05, 0) is 47.2 Å². The zero-order chi connectivity index (χ0) is 30.4. The van der Waals surface area contributed by atoms with Gasteiger partial charge < -0.3 is 24.8 Å². The standard InChI is InChI=1S/C32H34O9S/c1-18-8-9-21(12-22(18)13-23-10-11-28(42-23)20-6-4-3-5-7-20)32-26(16-31(38)39)24(14-29(34)35)25(15-30(36)37)27(41-32)17-40-19(2)33/h3-12,24-27,32H,13-17H2,1-2H3,(H,34,35)(H,36,37)(H,38,39)/t24-,25+,26-,27-,32+/m0/s1. The second-order valence-electron chi connectivity index (χ2n) is 10.7. The van der Waals surface area contributed by atoms with Crippen molar-refractivity contribution in [3.8, 4) is 10.4 Å². The minimum Gasteiger partial charge on any atom is -0.481 e. The van der Waals surface area contributed by atoms with E-state index in [-0.39, 0.29) is 6.61 Å². The predicted octanol–water partition coefficient (Wildman–Crippen LogP) is 5.59. The molecular formula is C32H34O9S. The van der Waals surface area contributed by atoms with Gasteiger partial charge in [-0.2, -0.15) is 0 Å². The van der Waals surface area contributed by atoms with Crippen LogP contribution in [0.25, 0.3) is 10.4 Å². The molecule has 222 valence electrons. The summed E-state index contributed by atoms with van der Waals surface area (Å²) in [5.74, 6) is -6.61. The Morgan fingerprint density at radius 1 is 0.833 bits per heavy atom. The van der Waals surface area contributed by atoms with Crippen molar-refractivity contribution in [3.63, 3.8) is 0 Å². The molecule has 1 aliphatic rings. The van der Waals surface area contributed by atoms with Crippen LogP contribution in [0.4, 0.5) is 0 Å². The van der Waals surface area contributed by atoms with Crippen molar-refractivity contribution in [2.75, 3.05) is 6.61 Å². The summed E-state index contributed by atoms with van der Waals surface area (Å²) >= 11 is 1.68. The summed E-state index contributed by atoms with van der Waals surface area (Å²) in [5, 5.41) is 29.2. The van der Waals surface area contributed by atoms with Gasteiger partial charge in [-0.1, -0.05) is 48.5 Å². The van der Waals surface area contributed by atoms with Gasteiger partial charge in [-0.25, -0.2) is 0 Å². The van der Waals surface area contributed by atoms with E-state index in [2.05, 4.69) is 24.3 Å². The van der Waals surface area contributed by atoms with Crippen LogP contribution in [0, 0.1) is 24.7 Å². The Morgan fingerprint density at radius 2 is 1.48 bits per heavy atom. The van der Waals surface area contributed by atoms with Crippen LogP contribution >= 0.6 is 11.3 Å². The Balaban J connectivity index is 1.71. The predicted molar refractivity (Wildman–Crippen MR) is 155 cm³/mol. The van der Waals surface area contributed by atoms with Gasteiger partial charge in [0.25, 0.3) is 0 Å². The third kappa shape index (κ3) is 7.83. The van der Waals surface area contributed by atoms with Crippen LogP contribution in [0.2, 0.25) is 0 Å². The molecule has 0 saturated carbocycles. The van der Waals surface area contributed by atoms with E-state index in [1.54, 1.807) is 11.3 Å². The lowest BCUT2D eigenvalue weighted by Crippen LogP contribution is -2.48. The van der Waals surface area contributed by atoms with Crippen LogP contribution in [0.1, 0.15) is 53.9 Å². The topological polar surface area (TPSA) is 147 Å². The smallest absolute Gasteiger partial charge is 0.303 e. The molecule has 1 aliphatic heterocycles. The second kappa shape index (κ2) is 13.8. The summed E-state index contributed by atoms with van der Waals surface area (Å²) in [4.78, 5) is 49.6. The highest BCUT2D eigenvalue weighted by molar-refractivity contribution is 7.15. The van der Waals surface area contributed by atoms with Crippen molar-refractivity contribution >= 4 is 35.2 Å². The number of aliphatic carboxylic acids is 3. The van der Waals surface area contributed by atoms with E-state index in [0.29, 0.717) is 12.0 Å². The highest BCUT2D eigenvalue weighted by Crippen LogP contribution is 2.48. The van der Waals surface area contributed by atoms with Crippen molar-refractivity contribution in [1.29, 1.82) is 0 Å². The monoisotopic (exact) mass is 594 g/mol. The first-order valence-corrected chi connectivity index (χ1v) is 14.5. The van der Waals surface area contributed by atoms with Crippen molar-refractivity contribution in [1.82, 2.24) is 0 Å². The normalized spacial score (nSPS) is 21.9. The maximum absolute atomic E-state index is 12.0. The molecule has 5 atom stereocenters. The van der Waals surface area contributed by atoms with Crippen molar-refractivity contribution in [3.05, 3.63) is 82.2 Å². The van der Waals surface area contributed by atoms with E-state index < -0.39 is 73.1 Å². The Bertz CT molecular complexity index is 1430. The molecule has 0 unspecified atom stereocenters. The SMILES string of the molecule is CC(=O)OC[C@@H]1O[C@H](c2ccc(C)c(Cc3ccc(-c4ccccc4)s3)c2)[C@@H](CC(=O)O)[C@@H](CC(=O)O)[C@H]1CC(=O)O. The molecule has 1 saturated heterocycles. The summed E-state index contributed by atoms with van der Waals surface area (Å²) < 4.78 is 11.6. The molecule has 2 aromatic carbocycles. The van der Waals surface area contributed by atoms with E-state index in [9.17, 15) is 34.5 Å². The van der Waals surface area contributed by atoms with E-state index in [1.165, 1.54) is 6.92 Å². The average Bonchev–Trinajstić information content (AvgIpc) is 3.39. The maximum atomic E-state index is 12.0. The van der Waals surface area contributed by atoms with Crippen LogP contribution in [0.15, 0.2) is 60.7 Å². The largest absolute Gasteiger partial charge is 0.481 e. The molecule has 2 heterocycles. The van der Waals surface area contributed by atoms with Gasteiger partial charge in [-0.15, -0.1) is 11.3 Å². The van der Waals surface area contributed by atoms with Gasteiger partial charge >= 0.3 is 23.9 Å². The minimum absolute atomic E-state index is 0.268. The number of thiophene rings is 1. The molecule has 9 nitrogen and oxygen atoms in total. The Morgan fingerprint density at radius 3 is 2.12 bits per heavy atom. The summed E-state index contributed by atoms with van der Waals surface area (Å²) in [6, 6.07) is 20.0. The fourth-order valence-corrected chi connectivity index (χ4v) is 6.86. The molecule has 3 N–H and O–H groups in total. The van der Waals surface area contributed by atoms with E-state index in [0.717, 1.165) is 26.4 Å². The average molecular weight is 595 g/mol. The molecule has 0 spiro atoms. The van der Waals surface area contributed by atoms with Crippen LogP contribution in [0.3, 0.4) is 0 Å². The first-order valence-electron chi connectivity index (χ1n) is 13.7. The minimum atomic E-state index is -1.18. The maximum Gasteiger partial charge on any atom is 0.303 e. The molecule has 10 heteroatoms. The zero-order valence-corrected chi connectivity index (χ0v) is 24.2. The van der Waals surface area contributed by atoms with E-state index in [1.807, 2.05) is 43.3 Å². The molecular weight excluding hydrogens is 560 g/mol. The van der Waals surface area contributed by atoms with Gasteiger partial charge in [0, 0.05) is 41.4 Å². The van der Waals surface area contributed by atoms with Gasteiger partial charge in [0.05, 0.1) is 25.0 Å². The molecule has 3 aromatic rings. The van der Waals surface area contributed by atoms with Crippen molar-refractivity contribution < 1.29 is 44.0 Å². The lowest BCUT2D eigenvalue weighted by Gasteiger charge is -2.46. The fourth-order valence-electron chi connectivity index (χ4n) is 5.82. The first-order chi connectivity index (χ1) is 20.0. The molecule has 0 amide bonds. The van der Waals surface area contributed by atoms with Gasteiger partial charge in [0.1, 0.15) is 6.61 Å². The third-order valence-corrected chi connectivity index (χ3v) is 8.89. The molecule has 0 bridgehead atoms. The number of hydrogen-bond acceptors (Lipinski definition) is 7. The quantitative estimate of drug-likeness (QED) is 0.228. The number of carbonyl (C=O) groups is 4. The number of esters is 1. The Kier molecular flexibility index (Phi) is 10.1. The number of benzene rings is 2. The summed E-state index contributed by atoms with van der Waals surface area (Å²) in [6.45, 7) is 2.94. The summed E-state index contributed by atoms with van der Waals surface area (Å²) in [6.07, 6.45) is -2.45. The van der Waals surface area contributed by atoms with Crippen LogP contribution in [0.5, 0.6) is 0 Å². The Hall–Kier alpha value is -4.02. The number of hydrogen-bond donors (Lipinski definition) is 3. The lowest BCUT2D eigenvalue weighted by molar-refractivity contribution is -0.189. The number of aryl methyl sites for hydroxylation is 1. The van der Waals surface area contributed by atoms with Gasteiger partial charge in [0.15, 0.2) is 0 Å². The highest BCUT2D eigenvalue weighted by Gasteiger charge is 2.48. The highest BCUT2D eigenvalue weighted by atomic mass is 32.1.